The number of para-hydroxylation sites is 2. The van der Waals surface area contributed by atoms with Crippen molar-refractivity contribution in [2.45, 2.75) is 12.8 Å². The zero-order valence-electron chi connectivity index (χ0n) is 13.6. The van der Waals surface area contributed by atoms with Crippen molar-refractivity contribution < 1.29 is 4.79 Å². The van der Waals surface area contributed by atoms with Crippen LogP contribution in [0.25, 0.3) is 0 Å². The largest absolute Gasteiger partial charge is 0.382 e. The summed E-state index contributed by atoms with van der Waals surface area (Å²) in [5.74, 6) is 0.925. The number of aromatic nitrogens is 2. The van der Waals surface area contributed by atoms with Crippen molar-refractivity contribution in [3.05, 3.63) is 42.7 Å². The smallest absolute Gasteiger partial charge is 0.232 e. The third kappa shape index (κ3) is 2.79. The molecular formula is C18H21N5O. The summed E-state index contributed by atoms with van der Waals surface area (Å²) in [6, 6.07) is 9.83. The van der Waals surface area contributed by atoms with Gasteiger partial charge in [-0.3, -0.25) is 4.79 Å². The van der Waals surface area contributed by atoms with Crippen molar-refractivity contribution in [1.29, 1.82) is 0 Å². The Morgan fingerprint density at radius 1 is 1.12 bits per heavy atom. The Morgan fingerprint density at radius 3 is 2.83 bits per heavy atom. The lowest BCUT2D eigenvalue weighted by atomic mass is 9.96. The summed E-state index contributed by atoms with van der Waals surface area (Å²) in [6.45, 7) is 3.11. The third-order valence-corrected chi connectivity index (χ3v) is 4.72. The van der Waals surface area contributed by atoms with Gasteiger partial charge < -0.3 is 15.1 Å². The van der Waals surface area contributed by atoms with Crippen molar-refractivity contribution in [2.75, 3.05) is 41.3 Å². The summed E-state index contributed by atoms with van der Waals surface area (Å²) in [4.78, 5) is 25.8. The molecule has 24 heavy (non-hydrogen) atoms. The molecular weight excluding hydrogens is 302 g/mol. The Balaban J connectivity index is 1.53. The van der Waals surface area contributed by atoms with Gasteiger partial charge in [-0.25, -0.2) is 9.97 Å². The molecule has 2 aliphatic rings. The van der Waals surface area contributed by atoms with Crippen LogP contribution in [0.15, 0.2) is 42.7 Å². The number of anilines is 3. The number of nitrogens with zero attached hydrogens (tertiary/aromatic N) is 4. The molecule has 2 aromatic rings. The molecule has 3 heterocycles. The Labute approximate surface area is 141 Å². The number of fused-ring (bicyclic) bond motifs is 1. The quantitative estimate of drug-likeness (QED) is 0.917. The fourth-order valence-corrected chi connectivity index (χ4v) is 3.55. The van der Waals surface area contributed by atoms with Crippen LogP contribution >= 0.6 is 0 Å². The molecule has 0 bridgehead atoms. The van der Waals surface area contributed by atoms with E-state index in [0.29, 0.717) is 13.1 Å². The van der Waals surface area contributed by atoms with Crippen LogP contribution in [-0.4, -0.2) is 42.1 Å². The molecule has 1 unspecified atom stereocenters. The van der Waals surface area contributed by atoms with Gasteiger partial charge in [-0.1, -0.05) is 12.1 Å². The molecule has 1 fully saturated rings. The second kappa shape index (κ2) is 6.47. The maximum absolute atomic E-state index is 13.1. The number of carbonyl (C=O) groups is 1. The molecule has 0 aliphatic carbocycles. The minimum absolute atomic E-state index is 0.00582. The van der Waals surface area contributed by atoms with E-state index in [-0.39, 0.29) is 11.8 Å². The van der Waals surface area contributed by atoms with Crippen molar-refractivity contribution >= 4 is 23.2 Å². The maximum Gasteiger partial charge on any atom is 0.232 e. The van der Waals surface area contributed by atoms with Crippen LogP contribution < -0.4 is 15.1 Å². The van der Waals surface area contributed by atoms with E-state index in [1.165, 1.54) is 0 Å². The highest BCUT2D eigenvalue weighted by Gasteiger charge is 2.32. The molecule has 1 N–H and O–H groups in total. The lowest BCUT2D eigenvalue weighted by Crippen LogP contribution is -2.48. The summed E-state index contributed by atoms with van der Waals surface area (Å²) < 4.78 is 0. The first kappa shape index (κ1) is 14.9. The lowest BCUT2D eigenvalue weighted by molar-refractivity contribution is -0.122. The predicted molar refractivity (Wildman–Crippen MR) is 94.3 cm³/mol. The molecule has 0 radical (unpaired) electrons. The van der Waals surface area contributed by atoms with Gasteiger partial charge in [0.25, 0.3) is 0 Å². The first-order valence-electron chi connectivity index (χ1n) is 8.49. The normalized spacial score (nSPS) is 20.2. The highest BCUT2D eigenvalue weighted by molar-refractivity contribution is 5.99. The SMILES string of the molecule is O=C(C1CCCN(c2ncccn2)C1)N1CCNc2ccccc21. The van der Waals surface area contributed by atoms with Crippen LogP contribution in [0.1, 0.15) is 12.8 Å². The van der Waals surface area contributed by atoms with E-state index in [4.69, 9.17) is 0 Å². The molecule has 0 saturated carbocycles. The minimum Gasteiger partial charge on any atom is -0.382 e. The van der Waals surface area contributed by atoms with Gasteiger partial charge in [0.2, 0.25) is 11.9 Å². The van der Waals surface area contributed by atoms with Gasteiger partial charge in [0.15, 0.2) is 0 Å². The Kier molecular flexibility index (Phi) is 4.02. The Hall–Kier alpha value is -2.63. The molecule has 1 saturated heterocycles. The average Bonchev–Trinajstić information content (AvgIpc) is 2.68. The number of nitrogens with one attached hydrogen (secondary N) is 1. The molecule has 6 heteroatoms. The Morgan fingerprint density at radius 2 is 1.96 bits per heavy atom. The second-order valence-corrected chi connectivity index (χ2v) is 6.27. The highest BCUT2D eigenvalue weighted by atomic mass is 16.2. The number of hydrogen-bond donors (Lipinski definition) is 1. The first-order valence-corrected chi connectivity index (χ1v) is 8.49. The van der Waals surface area contributed by atoms with E-state index >= 15 is 0 Å². The van der Waals surface area contributed by atoms with E-state index in [1.54, 1.807) is 12.4 Å². The van der Waals surface area contributed by atoms with E-state index in [9.17, 15) is 4.79 Å². The van der Waals surface area contributed by atoms with Crippen molar-refractivity contribution in [3.63, 3.8) is 0 Å². The molecule has 1 aromatic carbocycles. The van der Waals surface area contributed by atoms with Gasteiger partial charge in [0, 0.05) is 38.6 Å². The first-order chi connectivity index (χ1) is 11.8. The summed E-state index contributed by atoms with van der Waals surface area (Å²) >= 11 is 0. The number of rotatable bonds is 2. The van der Waals surface area contributed by atoms with Crippen LogP contribution in [0.2, 0.25) is 0 Å². The van der Waals surface area contributed by atoms with Gasteiger partial charge in [0.05, 0.1) is 17.3 Å². The molecule has 2 aliphatic heterocycles. The van der Waals surface area contributed by atoms with Crippen molar-refractivity contribution in [3.8, 4) is 0 Å². The van der Waals surface area contributed by atoms with Crippen LogP contribution in [0.4, 0.5) is 17.3 Å². The van der Waals surface area contributed by atoms with Crippen molar-refractivity contribution in [2.24, 2.45) is 5.92 Å². The van der Waals surface area contributed by atoms with Gasteiger partial charge in [-0.05, 0) is 31.0 Å². The van der Waals surface area contributed by atoms with Crippen LogP contribution in [0, 0.1) is 5.92 Å². The predicted octanol–water partition coefficient (Wildman–Crippen LogP) is 2.15. The molecule has 1 atom stereocenters. The lowest BCUT2D eigenvalue weighted by Gasteiger charge is -2.37. The van der Waals surface area contributed by atoms with Gasteiger partial charge in [0.1, 0.15) is 0 Å². The Bertz CT molecular complexity index is 720. The van der Waals surface area contributed by atoms with E-state index < -0.39 is 0 Å². The van der Waals surface area contributed by atoms with E-state index in [0.717, 1.165) is 43.3 Å². The molecule has 6 nitrogen and oxygen atoms in total. The van der Waals surface area contributed by atoms with Gasteiger partial charge in [-0.15, -0.1) is 0 Å². The molecule has 124 valence electrons. The second-order valence-electron chi connectivity index (χ2n) is 6.27. The third-order valence-electron chi connectivity index (χ3n) is 4.72. The number of piperidine rings is 1. The van der Waals surface area contributed by atoms with E-state index in [2.05, 4.69) is 20.2 Å². The van der Waals surface area contributed by atoms with Crippen LogP contribution in [-0.2, 0) is 4.79 Å². The summed E-state index contributed by atoms with van der Waals surface area (Å²) in [7, 11) is 0. The number of carbonyl (C=O) groups excluding carboxylic acids is 1. The number of amides is 1. The zero-order valence-corrected chi connectivity index (χ0v) is 13.6. The highest BCUT2D eigenvalue weighted by Crippen LogP contribution is 2.31. The van der Waals surface area contributed by atoms with Gasteiger partial charge in [-0.2, -0.15) is 0 Å². The van der Waals surface area contributed by atoms with Crippen LogP contribution in [0.3, 0.4) is 0 Å². The van der Waals surface area contributed by atoms with Crippen molar-refractivity contribution in [1.82, 2.24) is 9.97 Å². The summed E-state index contributed by atoms with van der Waals surface area (Å²) in [5.41, 5.74) is 2.03. The number of hydrogen-bond acceptors (Lipinski definition) is 5. The zero-order chi connectivity index (χ0) is 16.4. The van der Waals surface area contributed by atoms with Gasteiger partial charge >= 0.3 is 0 Å². The molecule has 4 rings (SSSR count). The van der Waals surface area contributed by atoms with E-state index in [1.807, 2.05) is 35.2 Å². The van der Waals surface area contributed by atoms with Crippen LogP contribution in [0.5, 0.6) is 0 Å². The summed E-state index contributed by atoms with van der Waals surface area (Å²) in [5, 5.41) is 3.36. The minimum atomic E-state index is -0.00582. The fraction of sp³-hybridized carbons (Fsp3) is 0.389. The monoisotopic (exact) mass is 323 g/mol. The average molecular weight is 323 g/mol. The topological polar surface area (TPSA) is 61.4 Å². The standard InChI is InChI=1S/C18H21N5O/c24-17(23-12-10-19-15-6-1-2-7-16(15)23)14-5-3-11-22(13-14)18-20-8-4-9-21-18/h1-2,4,6-9,14,19H,3,5,10-13H2. The molecule has 0 spiro atoms. The summed E-state index contributed by atoms with van der Waals surface area (Å²) in [6.07, 6.45) is 5.41. The molecule has 1 amide bonds. The maximum atomic E-state index is 13.1. The number of benzene rings is 1. The fourth-order valence-electron chi connectivity index (χ4n) is 3.55. The molecule has 1 aromatic heterocycles.